The topological polar surface area (TPSA) is 41.7 Å². The van der Waals surface area contributed by atoms with Crippen LogP contribution in [0.5, 0.6) is 0 Å². The van der Waals surface area contributed by atoms with E-state index in [2.05, 4.69) is 37.5 Å². The molecule has 0 radical (unpaired) electrons. The minimum absolute atomic E-state index is 0.102. The van der Waals surface area contributed by atoms with Crippen LogP contribution in [0, 0.1) is 0 Å². The van der Waals surface area contributed by atoms with Gasteiger partial charge in [-0.15, -0.1) is 0 Å². The number of ether oxygens (including phenoxy) is 1. The van der Waals surface area contributed by atoms with Gasteiger partial charge in [0.2, 0.25) is 0 Å². The molecule has 2 rings (SSSR count). The lowest BCUT2D eigenvalue weighted by Crippen LogP contribution is -2.66. The average molecular weight is 283 g/mol. The summed E-state index contributed by atoms with van der Waals surface area (Å²) in [5, 5.41) is 0. The molecule has 0 aliphatic carbocycles. The molecular formula is C16H33N3O. The van der Waals surface area contributed by atoms with Crippen LogP contribution in [-0.2, 0) is 4.74 Å². The molecule has 4 nitrogen and oxygen atoms in total. The Kier molecular flexibility index (Phi) is 5.11. The van der Waals surface area contributed by atoms with E-state index >= 15 is 0 Å². The fraction of sp³-hybridized carbons (Fsp3) is 1.00. The van der Waals surface area contributed by atoms with Crippen molar-refractivity contribution >= 4 is 0 Å². The van der Waals surface area contributed by atoms with E-state index in [-0.39, 0.29) is 11.1 Å². The third-order valence-electron chi connectivity index (χ3n) is 5.28. The first-order chi connectivity index (χ1) is 9.41. The maximum absolute atomic E-state index is 6.28. The van der Waals surface area contributed by atoms with Crippen molar-refractivity contribution in [2.24, 2.45) is 5.73 Å². The zero-order valence-electron chi connectivity index (χ0n) is 13.8. The van der Waals surface area contributed by atoms with Crippen molar-refractivity contribution in [1.82, 2.24) is 9.80 Å². The van der Waals surface area contributed by atoms with Gasteiger partial charge in [-0.05, 0) is 53.5 Å². The number of nitrogens with two attached hydrogens (primary N) is 1. The Morgan fingerprint density at radius 1 is 1.15 bits per heavy atom. The summed E-state index contributed by atoms with van der Waals surface area (Å²) in [4.78, 5) is 5.26. The molecule has 0 saturated carbocycles. The second-order valence-electron chi connectivity index (χ2n) is 7.43. The Labute approximate surface area is 124 Å². The van der Waals surface area contributed by atoms with Crippen LogP contribution in [0.25, 0.3) is 0 Å². The molecule has 118 valence electrons. The maximum Gasteiger partial charge on any atom is 0.0645 e. The Morgan fingerprint density at radius 3 is 2.50 bits per heavy atom. The molecule has 0 spiro atoms. The van der Waals surface area contributed by atoms with Gasteiger partial charge in [0.05, 0.1) is 13.2 Å². The first-order valence-electron chi connectivity index (χ1n) is 8.21. The van der Waals surface area contributed by atoms with Crippen LogP contribution in [0.3, 0.4) is 0 Å². The predicted molar refractivity (Wildman–Crippen MR) is 83.9 cm³/mol. The summed E-state index contributed by atoms with van der Waals surface area (Å²) in [6.07, 6.45) is 3.66. The highest BCUT2D eigenvalue weighted by atomic mass is 16.5. The second-order valence-corrected chi connectivity index (χ2v) is 7.43. The molecule has 1 atom stereocenters. The monoisotopic (exact) mass is 283 g/mol. The molecule has 1 unspecified atom stereocenters. The van der Waals surface area contributed by atoms with E-state index in [9.17, 15) is 0 Å². The largest absolute Gasteiger partial charge is 0.378 e. The average Bonchev–Trinajstić information content (AvgIpc) is 2.61. The van der Waals surface area contributed by atoms with Crippen LogP contribution >= 0.6 is 0 Å². The molecule has 0 aromatic rings. The first-order valence-corrected chi connectivity index (χ1v) is 8.21. The summed E-state index contributed by atoms with van der Waals surface area (Å²) in [5.74, 6) is 0. The number of rotatable bonds is 3. The summed E-state index contributed by atoms with van der Waals surface area (Å²) >= 11 is 0. The van der Waals surface area contributed by atoms with Crippen LogP contribution in [-0.4, -0.2) is 66.3 Å². The standard InChI is InChI=1S/C16H33N3O/c1-14(2)18-8-5-6-16(12-17,7-9-18)19-10-11-20-13-15(19,3)4/h14H,5-13,17H2,1-4H3. The summed E-state index contributed by atoms with van der Waals surface area (Å²) in [5.41, 5.74) is 6.55. The van der Waals surface area contributed by atoms with Crippen molar-refractivity contribution in [3.05, 3.63) is 0 Å². The summed E-state index contributed by atoms with van der Waals surface area (Å²) in [6, 6.07) is 0.640. The minimum atomic E-state index is 0.102. The molecule has 2 aliphatic heterocycles. The molecule has 2 saturated heterocycles. The molecule has 0 bridgehead atoms. The minimum Gasteiger partial charge on any atom is -0.378 e. The molecule has 0 aromatic heterocycles. The third kappa shape index (κ3) is 3.19. The van der Waals surface area contributed by atoms with Crippen LogP contribution in [0.15, 0.2) is 0 Å². The van der Waals surface area contributed by atoms with Crippen molar-refractivity contribution < 1.29 is 4.74 Å². The van der Waals surface area contributed by atoms with Crippen LogP contribution < -0.4 is 5.73 Å². The normalized spacial score (nSPS) is 33.3. The van der Waals surface area contributed by atoms with E-state index in [1.54, 1.807) is 0 Å². The lowest BCUT2D eigenvalue weighted by Gasteiger charge is -2.53. The quantitative estimate of drug-likeness (QED) is 0.856. The Balaban J connectivity index is 2.16. The first kappa shape index (κ1) is 16.2. The Hall–Kier alpha value is -0.160. The highest BCUT2D eigenvalue weighted by Crippen LogP contribution is 2.35. The molecule has 2 N–H and O–H groups in total. The van der Waals surface area contributed by atoms with Gasteiger partial charge in [-0.2, -0.15) is 0 Å². The fourth-order valence-corrected chi connectivity index (χ4v) is 4.04. The smallest absolute Gasteiger partial charge is 0.0645 e. The number of hydrogen-bond acceptors (Lipinski definition) is 4. The zero-order valence-corrected chi connectivity index (χ0v) is 13.8. The van der Waals surface area contributed by atoms with Gasteiger partial charge in [0.1, 0.15) is 0 Å². The fourth-order valence-electron chi connectivity index (χ4n) is 4.04. The van der Waals surface area contributed by atoms with Crippen molar-refractivity contribution in [1.29, 1.82) is 0 Å². The van der Waals surface area contributed by atoms with Crippen molar-refractivity contribution in [2.75, 3.05) is 39.4 Å². The van der Waals surface area contributed by atoms with E-state index in [0.717, 1.165) is 26.3 Å². The highest BCUT2D eigenvalue weighted by molar-refractivity contribution is 5.01. The highest BCUT2D eigenvalue weighted by Gasteiger charge is 2.45. The molecule has 0 amide bonds. The number of hydrogen-bond donors (Lipinski definition) is 1. The van der Waals surface area contributed by atoms with Gasteiger partial charge in [0.15, 0.2) is 0 Å². The van der Waals surface area contributed by atoms with Gasteiger partial charge < -0.3 is 15.4 Å². The van der Waals surface area contributed by atoms with Crippen LogP contribution in [0.1, 0.15) is 47.0 Å². The van der Waals surface area contributed by atoms with E-state index < -0.39 is 0 Å². The van der Waals surface area contributed by atoms with E-state index in [1.165, 1.54) is 32.4 Å². The molecule has 2 heterocycles. The van der Waals surface area contributed by atoms with Gasteiger partial charge in [-0.25, -0.2) is 0 Å². The number of morpholine rings is 1. The molecule has 2 aliphatic rings. The van der Waals surface area contributed by atoms with E-state index in [1.807, 2.05) is 0 Å². The number of likely N-dealkylation sites (tertiary alicyclic amines) is 1. The van der Waals surface area contributed by atoms with Crippen LogP contribution in [0.4, 0.5) is 0 Å². The summed E-state index contributed by atoms with van der Waals surface area (Å²) in [6.45, 7) is 15.0. The van der Waals surface area contributed by atoms with Gasteiger partial charge in [0, 0.05) is 36.8 Å². The van der Waals surface area contributed by atoms with Gasteiger partial charge >= 0.3 is 0 Å². The molecule has 0 aromatic carbocycles. The zero-order chi connectivity index (χ0) is 14.8. The van der Waals surface area contributed by atoms with E-state index in [4.69, 9.17) is 10.5 Å². The predicted octanol–water partition coefficient (Wildman–Crippen LogP) is 1.69. The summed E-state index contributed by atoms with van der Waals surface area (Å²) < 4.78 is 5.69. The van der Waals surface area contributed by atoms with Gasteiger partial charge in [0.25, 0.3) is 0 Å². The van der Waals surface area contributed by atoms with Crippen molar-refractivity contribution in [3.8, 4) is 0 Å². The third-order valence-corrected chi connectivity index (χ3v) is 5.28. The summed E-state index contributed by atoms with van der Waals surface area (Å²) in [7, 11) is 0. The van der Waals surface area contributed by atoms with Crippen molar-refractivity contribution in [2.45, 2.75) is 64.1 Å². The molecular weight excluding hydrogens is 250 g/mol. The lowest BCUT2D eigenvalue weighted by atomic mass is 9.83. The Bertz CT molecular complexity index is 319. The van der Waals surface area contributed by atoms with Crippen molar-refractivity contribution in [3.63, 3.8) is 0 Å². The molecule has 2 fully saturated rings. The Morgan fingerprint density at radius 2 is 1.90 bits per heavy atom. The maximum atomic E-state index is 6.28. The van der Waals surface area contributed by atoms with Gasteiger partial charge in [-0.1, -0.05) is 0 Å². The van der Waals surface area contributed by atoms with Crippen LogP contribution in [0.2, 0.25) is 0 Å². The van der Waals surface area contributed by atoms with Gasteiger partial charge in [-0.3, -0.25) is 4.90 Å². The SMILES string of the molecule is CC(C)N1CCCC(CN)(N2CCOCC2(C)C)CC1. The molecule has 20 heavy (non-hydrogen) atoms. The molecule has 4 heteroatoms. The second kappa shape index (κ2) is 6.30. The van der Waals surface area contributed by atoms with E-state index in [0.29, 0.717) is 6.04 Å². The number of nitrogens with zero attached hydrogens (tertiary/aromatic N) is 2. The lowest BCUT2D eigenvalue weighted by molar-refractivity contribution is -0.108.